The third-order valence-corrected chi connectivity index (χ3v) is 4.86. The molecule has 1 aliphatic carbocycles. The Morgan fingerprint density at radius 2 is 1.84 bits per heavy atom. The predicted molar refractivity (Wildman–Crippen MR) is 84.2 cm³/mol. The standard InChI is InChI=1S/C16H18F3N3O3/c1-10-8-12(10)15(23)21-6-4-20(5-7-21)13-3-2-11(16(17,18)19)9-14(13)22(24)25/h2-3,9-10,12H,4-8H2,1H3/t10-,12+/m1/s1. The third-order valence-electron chi connectivity index (χ3n) is 4.86. The molecule has 0 N–H and O–H groups in total. The molecule has 3 rings (SSSR count). The van der Waals surface area contributed by atoms with Crippen molar-refractivity contribution in [2.45, 2.75) is 19.5 Å². The monoisotopic (exact) mass is 357 g/mol. The second kappa shape index (κ2) is 6.20. The molecule has 25 heavy (non-hydrogen) atoms. The average Bonchev–Trinajstić information content (AvgIpc) is 3.29. The Balaban J connectivity index is 1.74. The van der Waals surface area contributed by atoms with Gasteiger partial charge in [0.25, 0.3) is 5.69 Å². The molecule has 136 valence electrons. The summed E-state index contributed by atoms with van der Waals surface area (Å²) in [6.07, 6.45) is -3.74. The molecule has 0 unspecified atom stereocenters. The molecule has 0 bridgehead atoms. The van der Waals surface area contributed by atoms with Crippen LogP contribution in [-0.4, -0.2) is 41.9 Å². The lowest BCUT2D eigenvalue weighted by Crippen LogP contribution is -2.49. The minimum absolute atomic E-state index is 0.0759. The fraction of sp³-hybridized carbons (Fsp3) is 0.562. The first-order chi connectivity index (χ1) is 11.7. The summed E-state index contributed by atoms with van der Waals surface area (Å²) < 4.78 is 38.3. The molecule has 1 aromatic rings. The molecule has 1 saturated heterocycles. The second-order valence-electron chi connectivity index (χ2n) is 6.59. The van der Waals surface area contributed by atoms with Gasteiger partial charge in [-0.2, -0.15) is 13.2 Å². The van der Waals surface area contributed by atoms with E-state index in [0.717, 1.165) is 18.6 Å². The molecule has 2 fully saturated rings. The summed E-state index contributed by atoms with van der Waals surface area (Å²) >= 11 is 0. The molecule has 1 aliphatic heterocycles. The topological polar surface area (TPSA) is 66.7 Å². The molecule has 9 heteroatoms. The number of nitro benzene ring substituents is 1. The van der Waals surface area contributed by atoms with Crippen LogP contribution in [-0.2, 0) is 11.0 Å². The van der Waals surface area contributed by atoms with E-state index in [1.54, 1.807) is 9.80 Å². The number of rotatable bonds is 3. The van der Waals surface area contributed by atoms with Gasteiger partial charge in [0.1, 0.15) is 5.69 Å². The Morgan fingerprint density at radius 1 is 1.24 bits per heavy atom. The molecule has 1 aromatic carbocycles. The largest absolute Gasteiger partial charge is 0.416 e. The number of carbonyl (C=O) groups excluding carboxylic acids is 1. The first-order valence-corrected chi connectivity index (χ1v) is 8.08. The fourth-order valence-electron chi connectivity index (χ4n) is 3.18. The van der Waals surface area contributed by atoms with Crippen LogP contribution in [0.15, 0.2) is 18.2 Å². The number of anilines is 1. The molecule has 0 radical (unpaired) electrons. The maximum absolute atomic E-state index is 12.8. The van der Waals surface area contributed by atoms with E-state index in [0.29, 0.717) is 38.2 Å². The number of carbonyl (C=O) groups is 1. The van der Waals surface area contributed by atoms with Gasteiger partial charge in [0.2, 0.25) is 5.91 Å². The van der Waals surface area contributed by atoms with Crippen LogP contribution in [0.4, 0.5) is 24.5 Å². The SMILES string of the molecule is C[C@@H]1C[C@@H]1C(=O)N1CCN(c2ccc(C(F)(F)F)cc2[N+](=O)[O-])CC1. The number of halogens is 3. The molecule has 1 saturated carbocycles. The normalized spacial score (nSPS) is 23.5. The molecule has 6 nitrogen and oxygen atoms in total. The molecule has 0 spiro atoms. The van der Waals surface area contributed by atoms with Gasteiger partial charge in [-0.1, -0.05) is 6.92 Å². The number of piperazine rings is 1. The van der Waals surface area contributed by atoms with E-state index in [-0.39, 0.29) is 17.5 Å². The highest BCUT2D eigenvalue weighted by atomic mass is 19.4. The molecular weight excluding hydrogens is 339 g/mol. The Morgan fingerprint density at radius 3 is 2.32 bits per heavy atom. The van der Waals surface area contributed by atoms with Crippen LogP contribution in [0.2, 0.25) is 0 Å². The van der Waals surface area contributed by atoms with Crippen LogP contribution in [0.1, 0.15) is 18.9 Å². The van der Waals surface area contributed by atoms with Gasteiger partial charge in [-0.3, -0.25) is 14.9 Å². The lowest BCUT2D eigenvalue weighted by Gasteiger charge is -2.36. The van der Waals surface area contributed by atoms with E-state index >= 15 is 0 Å². The van der Waals surface area contributed by atoms with Crippen LogP contribution in [0.3, 0.4) is 0 Å². The van der Waals surface area contributed by atoms with E-state index in [4.69, 9.17) is 0 Å². The Labute approximate surface area is 142 Å². The second-order valence-corrected chi connectivity index (χ2v) is 6.59. The number of alkyl halides is 3. The summed E-state index contributed by atoms with van der Waals surface area (Å²) in [5.74, 6) is 0.586. The summed E-state index contributed by atoms with van der Waals surface area (Å²) in [6.45, 7) is 3.57. The van der Waals surface area contributed by atoms with Gasteiger partial charge in [-0.15, -0.1) is 0 Å². The molecule has 1 heterocycles. The zero-order chi connectivity index (χ0) is 18.4. The highest BCUT2D eigenvalue weighted by molar-refractivity contribution is 5.82. The number of nitro groups is 1. The number of hydrogen-bond acceptors (Lipinski definition) is 4. The summed E-state index contributed by atoms with van der Waals surface area (Å²) in [5, 5.41) is 11.2. The summed E-state index contributed by atoms with van der Waals surface area (Å²) in [6, 6.07) is 2.56. The van der Waals surface area contributed by atoms with Crippen molar-refractivity contribution in [3.8, 4) is 0 Å². The number of nitrogens with zero attached hydrogens (tertiary/aromatic N) is 3. The van der Waals surface area contributed by atoms with Gasteiger partial charge in [0.15, 0.2) is 0 Å². The van der Waals surface area contributed by atoms with Gasteiger partial charge in [0, 0.05) is 38.2 Å². The number of benzene rings is 1. The van der Waals surface area contributed by atoms with Crippen LogP contribution in [0.5, 0.6) is 0 Å². The minimum Gasteiger partial charge on any atom is -0.362 e. The fourth-order valence-corrected chi connectivity index (χ4v) is 3.18. The number of hydrogen-bond donors (Lipinski definition) is 0. The van der Waals surface area contributed by atoms with Crippen LogP contribution >= 0.6 is 0 Å². The first-order valence-electron chi connectivity index (χ1n) is 8.08. The molecule has 0 aromatic heterocycles. The summed E-state index contributed by atoms with van der Waals surface area (Å²) in [7, 11) is 0. The maximum atomic E-state index is 12.8. The molecule has 2 aliphatic rings. The van der Waals surface area contributed by atoms with Gasteiger partial charge < -0.3 is 9.80 Å². The Hall–Kier alpha value is -2.32. The maximum Gasteiger partial charge on any atom is 0.416 e. The molecule has 2 atom stereocenters. The quantitative estimate of drug-likeness (QED) is 0.616. The predicted octanol–water partition coefficient (Wildman–Crippen LogP) is 2.92. The third kappa shape index (κ3) is 3.54. The van der Waals surface area contributed by atoms with Crippen molar-refractivity contribution in [1.29, 1.82) is 0 Å². The molecular formula is C16H18F3N3O3. The van der Waals surface area contributed by atoms with Crippen LogP contribution in [0, 0.1) is 22.0 Å². The number of amides is 1. The van der Waals surface area contributed by atoms with Crippen molar-refractivity contribution in [3.05, 3.63) is 33.9 Å². The zero-order valence-electron chi connectivity index (χ0n) is 13.6. The highest BCUT2D eigenvalue weighted by Crippen LogP contribution is 2.40. The summed E-state index contributed by atoms with van der Waals surface area (Å²) in [4.78, 5) is 26.0. The lowest BCUT2D eigenvalue weighted by atomic mass is 10.1. The van der Waals surface area contributed by atoms with Crippen molar-refractivity contribution >= 4 is 17.3 Å². The van der Waals surface area contributed by atoms with Gasteiger partial charge in [-0.05, 0) is 24.5 Å². The first kappa shape index (κ1) is 17.5. The van der Waals surface area contributed by atoms with E-state index in [1.165, 1.54) is 0 Å². The van der Waals surface area contributed by atoms with Crippen molar-refractivity contribution in [2.75, 3.05) is 31.1 Å². The Kier molecular flexibility index (Phi) is 4.34. The van der Waals surface area contributed by atoms with Crippen molar-refractivity contribution < 1.29 is 22.9 Å². The molecule has 1 amide bonds. The van der Waals surface area contributed by atoms with Gasteiger partial charge >= 0.3 is 6.18 Å². The van der Waals surface area contributed by atoms with E-state index in [1.807, 2.05) is 6.92 Å². The smallest absolute Gasteiger partial charge is 0.362 e. The lowest BCUT2D eigenvalue weighted by molar-refractivity contribution is -0.384. The van der Waals surface area contributed by atoms with Crippen molar-refractivity contribution in [2.24, 2.45) is 11.8 Å². The van der Waals surface area contributed by atoms with Gasteiger partial charge in [-0.25, -0.2) is 0 Å². The van der Waals surface area contributed by atoms with Crippen LogP contribution < -0.4 is 4.90 Å². The van der Waals surface area contributed by atoms with E-state index < -0.39 is 22.4 Å². The van der Waals surface area contributed by atoms with Crippen molar-refractivity contribution in [3.63, 3.8) is 0 Å². The zero-order valence-corrected chi connectivity index (χ0v) is 13.6. The summed E-state index contributed by atoms with van der Waals surface area (Å²) in [5.41, 5.74) is -1.45. The van der Waals surface area contributed by atoms with Crippen LogP contribution in [0.25, 0.3) is 0 Å². The van der Waals surface area contributed by atoms with E-state index in [2.05, 4.69) is 0 Å². The van der Waals surface area contributed by atoms with Gasteiger partial charge in [0.05, 0.1) is 10.5 Å². The average molecular weight is 357 g/mol. The van der Waals surface area contributed by atoms with Crippen molar-refractivity contribution in [1.82, 2.24) is 4.90 Å². The highest BCUT2D eigenvalue weighted by Gasteiger charge is 2.42. The Bertz CT molecular complexity index is 700. The van der Waals surface area contributed by atoms with E-state index in [9.17, 15) is 28.1 Å². The minimum atomic E-state index is -4.63.